The standard InChI is InChI=1S/C31H26N4O5S/c1-18-25-27(36)35(19(2)21-9-5-4-6-10-21)31(38)34(28(25)41-29(18)39-3)17-20-13-15-22(16-14-20)23-11-7-8-12-24(23)26-32-30(37)40-33-26/h4-16,19H,17H2,1-3H3,(H,32,33,37)/t19-/m0/s1. The molecule has 3 heterocycles. The number of fused-ring (bicyclic) bond motifs is 1. The van der Waals surface area contributed by atoms with Gasteiger partial charge in [-0.1, -0.05) is 95.4 Å². The molecule has 0 aliphatic carbocycles. The first kappa shape index (κ1) is 26.3. The highest BCUT2D eigenvalue weighted by molar-refractivity contribution is 7.20. The van der Waals surface area contributed by atoms with Gasteiger partial charge < -0.3 is 4.74 Å². The van der Waals surface area contributed by atoms with E-state index in [1.54, 1.807) is 11.7 Å². The number of nitrogens with zero attached hydrogens (tertiary/aromatic N) is 3. The van der Waals surface area contributed by atoms with Crippen molar-refractivity contribution >= 4 is 21.6 Å². The molecule has 3 aromatic heterocycles. The Morgan fingerprint density at radius 3 is 2.29 bits per heavy atom. The molecule has 0 radical (unpaired) electrons. The Morgan fingerprint density at radius 1 is 0.951 bits per heavy atom. The minimum Gasteiger partial charge on any atom is -0.487 e. The van der Waals surface area contributed by atoms with Gasteiger partial charge in [-0.3, -0.25) is 23.4 Å². The number of H-pyrrole nitrogens is 1. The second-order valence-electron chi connectivity index (χ2n) is 9.72. The van der Waals surface area contributed by atoms with Gasteiger partial charge in [0.25, 0.3) is 5.56 Å². The van der Waals surface area contributed by atoms with Crippen molar-refractivity contribution in [3.63, 3.8) is 0 Å². The lowest BCUT2D eigenvalue weighted by molar-refractivity contribution is 0.388. The van der Waals surface area contributed by atoms with Crippen LogP contribution in [0.5, 0.6) is 5.06 Å². The summed E-state index contributed by atoms with van der Waals surface area (Å²) >= 11 is 1.30. The molecule has 6 aromatic rings. The number of thiophene rings is 1. The van der Waals surface area contributed by atoms with Gasteiger partial charge in [0, 0.05) is 11.1 Å². The third-order valence-corrected chi connectivity index (χ3v) is 8.56. The summed E-state index contributed by atoms with van der Waals surface area (Å²) in [4.78, 5) is 42.4. The van der Waals surface area contributed by atoms with E-state index >= 15 is 0 Å². The molecule has 1 N–H and O–H groups in total. The van der Waals surface area contributed by atoms with E-state index in [0.717, 1.165) is 33.4 Å². The fourth-order valence-corrected chi connectivity index (χ4v) is 6.27. The fourth-order valence-electron chi connectivity index (χ4n) is 5.16. The highest BCUT2D eigenvalue weighted by atomic mass is 32.1. The van der Waals surface area contributed by atoms with Gasteiger partial charge in [0.05, 0.1) is 25.1 Å². The van der Waals surface area contributed by atoms with E-state index < -0.39 is 11.8 Å². The number of aromatic amines is 1. The number of nitrogens with one attached hydrogen (secondary N) is 1. The monoisotopic (exact) mass is 566 g/mol. The van der Waals surface area contributed by atoms with Gasteiger partial charge >= 0.3 is 11.4 Å². The molecule has 0 unspecified atom stereocenters. The molecular formula is C31H26N4O5S. The molecule has 0 spiro atoms. The summed E-state index contributed by atoms with van der Waals surface area (Å²) in [6.45, 7) is 3.97. The lowest BCUT2D eigenvalue weighted by Crippen LogP contribution is -2.41. The van der Waals surface area contributed by atoms with Crippen LogP contribution in [0.1, 0.15) is 29.7 Å². The van der Waals surface area contributed by atoms with Gasteiger partial charge in [-0.25, -0.2) is 9.59 Å². The Labute approximate surface area is 237 Å². The lowest BCUT2D eigenvalue weighted by Gasteiger charge is -2.18. The summed E-state index contributed by atoms with van der Waals surface area (Å²) in [5.41, 5.74) is 4.26. The number of ether oxygens (including phenoxy) is 1. The molecule has 9 nitrogen and oxygen atoms in total. The smallest absolute Gasteiger partial charge is 0.439 e. The van der Waals surface area contributed by atoms with Crippen molar-refractivity contribution < 1.29 is 9.26 Å². The Hall–Kier alpha value is -4.96. The maximum atomic E-state index is 14.0. The van der Waals surface area contributed by atoms with Gasteiger partial charge in [-0.2, -0.15) is 0 Å². The van der Waals surface area contributed by atoms with Crippen LogP contribution in [-0.4, -0.2) is 26.4 Å². The average molecular weight is 567 g/mol. The Morgan fingerprint density at radius 2 is 1.63 bits per heavy atom. The number of rotatable bonds is 7. The second-order valence-corrected chi connectivity index (χ2v) is 10.7. The Bertz CT molecular complexity index is 2050. The van der Waals surface area contributed by atoms with Crippen molar-refractivity contribution in [2.45, 2.75) is 26.4 Å². The topological polar surface area (TPSA) is 112 Å². The SMILES string of the molecule is COc1sc2c(c1C)c(=O)n([C@@H](C)c1ccccc1)c(=O)n2Cc1ccc(-c2ccccc2-c2noc(=O)[nH]2)cc1. The second kappa shape index (κ2) is 10.5. The summed E-state index contributed by atoms with van der Waals surface area (Å²) in [6, 6.07) is 24.4. The molecule has 0 aliphatic heterocycles. The van der Waals surface area contributed by atoms with Gasteiger partial charge in [-0.05, 0) is 36.1 Å². The van der Waals surface area contributed by atoms with Crippen LogP contribution in [0.3, 0.4) is 0 Å². The predicted octanol–water partition coefficient (Wildman–Crippen LogP) is 5.21. The van der Waals surface area contributed by atoms with Gasteiger partial charge in [-0.15, -0.1) is 0 Å². The van der Waals surface area contributed by atoms with Crippen LogP contribution >= 0.6 is 11.3 Å². The van der Waals surface area contributed by atoms with Crippen LogP contribution in [0, 0.1) is 6.92 Å². The molecule has 3 aromatic carbocycles. The third kappa shape index (κ3) is 4.62. The summed E-state index contributed by atoms with van der Waals surface area (Å²) in [5, 5.41) is 4.93. The predicted molar refractivity (Wildman–Crippen MR) is 159 cm³/mol. The van der Waals surface area contributed by atoms with Crippen molar-refractivity contribution in [2.75, 3.05) is 7.11 Å². The molecule has 0 saturated carbocycles. The van der Waals surface area contributed by atoms with Crippen LogP contribution in [0.25, 0.3) is 32.7 Å². The van der Waals surface area contributed by atoms with Crippen molar-refractivity contribution in [1.29, 1.82) is 0 Å². The van der Waals surface area contributed by atoms with Gasteiger partial charge in [0.1, 0.15) is 4.83 Å². The zero-order chi connectivity index (χ0) is 28.7. The zero-order valence-electron chi connectivity index (χ0n) is 22.6. The molecule has 0 aliphatic rings. The number of benzene rings is 3. The van der Waals surface area contributed by atoms with Gasteiger partial charge in [0.2, 0.25) is 0 Å². The molecule has 6 rings (SSSR count). The zero-order valence-corrected chi connectivity index (χ0v) is 23.4. The van der Waals surface area contributed by atoms with Crippen molar-refractivity contribution in [3.8, 4) is 27.6 Å². The average Bonchev–Trinajstić information content (AvgIpc) is 3.58. The highest BCUT2D eigenvalue weighted by Gasteiger charge is 2.23. The van der Waals surface area contributed by atoms with Gasteiger partial charge in [0.15, 0.2) is 10.9 Å². The molecule has 0 bridgehead atoms. The summed E-state index contributed by atoms with van der Waals surface area (Å²) in [5.74, 6) is -0.273. The van der Waals surface area contributed by atoms with E-state index in [1.807, 2.05) is 92.7 Å². The fraction of sp³-hybridized carbons (Fsp3) is 0.161. The van der Waals surface area contributed by atoms with Crippen LogP contribution in [0.4, 0.5) is 0 Å². The molecule has 10 heteroatoms. The third-order valence-electron chi connectivity index (χ3n) is 7.28. The normalized spacial score (nSPS) is 12.1. The first-order chi connectivity index (χ1) is 19.9. The number of hydrogen-bond acceptors (Lipinski definition) is 7. The number of aryl methyl sites for hydroxylation is 1. The van der Waals surface area contributed by atoms with E-state index in [4.69, 9.17) is 9.26 Å². The number of aromatic nitrogens is 4. The first-order valence-corrected chi connectivity index (χ1v) is 13.8. The van der Waals surface area contributed by atoms with Crippen LogP contribution < -0.4 is 21.7 Å². The Kier molecular flexibility index (Phi) is 6.76. The highest BCUT2D eigenvalue weighted by Crippen LogP contribution is 2.35. The van der Waals surface area contributed by atoms with E-state index in [9.17, 15) is 14.4 Å². The molecule has 0 saturated heterocycles. The first-order valence-electron chi connectivity index (χ1n) is 13.0. The lowest BCUT2D eigenvalue weighted by atomic mass is 9.98. The van der Waals surface area contributed by atoms with Crippen LogP contribution in [-0.2, 0) is 6.54 Å². The van der Waals surface area contributed by atoms with E-state index in [1.165, 1.54) is 15.9 Å². The molecule has 1 atom stereocenters. The minimum absolute atomic E-state index is 0.263. The van der Waals surface area contributed by atoms with Crippen molar-refractivity contribution in [3.05, 3.63) is 127 Å². The molecule has 206 valence electrons. The van der Waals surface area contributed by atoms with E-state index in [-0.39, 0.29) is 17.8 Å². The largest absolute Gasteiger partial charge is 0.487 e. The minimum atomic E-state index is -0.620. The van der Waals surface area contributed by atoms with E-state index in [0.29, 0.717) is 21.1 Å². The number of hydrogen-bond donors (Lipinski definition) is 1. The van der Waals surface area contributed by atoms with E-state index in [2.05, 4.69) is 10.1 Å². The number of methoxy groups -OCH3 is 1. The Balaban J connectivity index is 1.44. The van der Waals surface area contributed by atoms with Crippen molar-refractivity contribution in [2.24, 2.45) is 0 Å². The summed E-state index contributed by atoms with van der Waals surface area (Å²) < 4.78 is 13.2. The maximum Gasteiger partial charge on any atom is 0.439 e. The maximum absolute atomic E-state index is 14.0. The van der Waals surface area contributed by atoms with Crippen LogP contribution in [0.2, 0.25) is 0 Å². The summed E-state index contributed by atoms with van der Waals surface area (Å²) in [7, 11) is 1.57. The molecule has 41 heavy (non-hydrogen) atoms. The molecular weight excluding hydrogens is 540 g/mol. The van der Waals surface area contributed by atoms with Crippen LogP contribution in [0.15, 0.2) is 97.8 Å². The molecule has 0 fully saturated rings. The van der Waals surface area contributed by atoms with Crippen molar-refractivity contribution in [1.82, 2.24) is 19.3 Å². The quantitative estimate of drug-likeness (QED) is 0.284. The summed E-state index contributed by atoms with van der Waals surface area (Å²) in [6.07, 6.45) is 0. The molecule has 0 amide bonds.